The summed E-state index contributed by atoms with van der Waals surface area (Å²) in [4.78, 5) is 0. The highest BCUT2D eigenvalue weighted by atomic mass is 28.4. The Bertz CT molecular complexity index is 396. The molecule has 0 spiro atoms. The maximum absolute atomic E-state index is 9.86. The molecule has 0 aromatic heterocycles. The Labute approximate surface area is 143 Å². The minimum absolute atomic E-state index is 0.0223. The predicted octanol–water partition coefficient (Wildman–Crippen LogP) is 4.10. The molecule has 0 aliphatic carbocycles. The van der Waals surface area contributed by atoms with Gasteiger partial charge in [0.15, 0.2) is 14.1 Å². The maximum atomic E-state index is 9.86. The minimum Gasteiger partial charge on any atom is -0.411 e. The summed E-state index contributed by atoms with van der Waals surface area (Å²) in [6.45, 7) is 21.0. The largest absolute Gasteiger partial charge is 0.411 e. The van der Waals surface area contributed by atoms with Crippen molar-refractivity contribution in [2.24, 2.45) is 5.92 Å². The Morgan fingerprint density at radius 1 is 1.30 bits per heavy atom. The van der Waals surface area contributed by atoms with E-state index in [9.17, 15) is 5.11 Å². The van der Waals surface area contributed by atoms with Crippen molar-refractivity contribution >= 4 is 8.32 Å². The molecule has 0 bridgehead atoms. The first-order chi connectivity index (χ1) is 10.4. The molecule has 0 saturated carbocycles. The van der Waals surface area contributed by atoms with Crippen molar-refractivity contribution in [1.82, 2.24) is 0 Å². The van der Waals surface area contributed by atoms with Gasteiger partial charge in [0.05, 0.1) is 6.10 Å². The molecule has 0 aromatic rings. The molecule has 4 nitrogen and oxygen atoms in total. The van der Waals surface area contributed by atoms with E-state index in [2.05, 4.69) is 47.4 Å². The number of aliphatic hydroxyl groups excluding tert-OH is 1. The summed E-state index contributed by atoms with van der Waals surface area (Å²) in [5.41, 5.74) is 0. The van der Waals surface area contributed by atoms with Gasteiger partial charge in [-0.15, -0.1) is 6.58 Å². The lowest BCUT2D eigenvalue weighted by molar-refractivity contribution is -0.157. The van der Waals surface area contributed by atoms with Crippen LogP contribution in [0, 0.1) is 5.92 Å². The second kappa shape index (κ2) is 7.36. The summed E-state index contributed by atoms with van der Waals surface area (Å²) < 4.78 is 18.8. The molecule has 0 radical (unpaired) electrons. The van der Waals surface area contributed by atoms with Crippen LogP contribution in [-0.4, -0.2) is 44.1 Å². The predicted molar refractivity (Wildman–Crippen MR) is 97.0 cm³/mol. The molecular weight excluding hydrogens is 308 g/mol. The molecule has 1 saturated heterocycles. The second-order valence-corrected chi connectivity index (χ2v) is 13.3. The lowest BCUT2D eigenvalue weighted by Gasteiger charge is -2.43. The van der Waals surface area contributed by atoms with Gasteiger partial charge >= 0.3 is 0 Å². The van der Waals surface area contributed by atoms with Crippen LogP contribution in [0.3, 0.4) is 0 Å². The van der Waals surface area contributed by atoms with E-state index >= 15 is 0 Å². The molecule has 1 heterocycles. The van der Waals surface area contributed by atoms with Crippen LogP contribution in [0.5, 0.6) is 0 Å². The van der Waals surface area contributed by atoms with Gasteiger partial charge in [-0.1, -0.05) is 33.8 Å². The van der Waals surface area contributed by atoms with Gasteiger partial charge in [0.2, 0.25) is 0 Å². The summed E-state index contributed by atoms with van der Waals surface area (Å²) in [5.74, 6) is -0.638. The number of rotatable bonds is 7. The molecule has 1 N–H and O–H groups in total. The zero-order chi connectivity index (χ0) is 18.1. The third-order valence-electron chi connectivity index (χ3n) is 5.18. The van der Waals surface area contributed by atoms with Crippen LogP contribution in [-0.2, 0) is 13.9 Å². The zero-order valence-electron chi connectivity index (χ0n) is 16.2. The number of hydrogen-bond acceptors (Lipinski definition) is 4. The van der Waals surface area contributed by atoms with Crippen LogP contribution in [0.4, 0.5) is 0 Å². The first-order valence-electron chi connectivity index (χ1n) is 8.65. The van der Waals surface area contributed by atoms with E-state index in [1.54, 1.807) is 6.08 Å². The van der Waals surface area contributed by atoms with E-state index in [1.807, 2.05) is 13.8 Å². The highest BCUT2D eigenvalue weighted by Gasteiger charge is 2.49. The molecule has 1 aliphatic rings. The fourth-order valence-corrected chi connectivity index (χ4v) is 4.03. The molecule has 23 heavy (non-hydrogen) atoms. The van der Waals surface area contributed by atoms with Crippen molar-refractivity contribution in [2.75, 3.05) is 6.61 Å². The molecule has 1 aliphatic heterocycles. The molecule has 1 rings (SSSR count). The van der Waals surface area contributed by atoms with E-state index in [4.69, 9.17) is 13.9 Å². The first-order valence-corrected chi connectivity index (χ1v) is 11.6. The van der Waals surface area contributed by atoms with E-state index < -0.39 is 14.1 Å². The Morgan fingerprint density at radius 3 is 2.26 bits per heavy atom. The molecule has 5 heteroatoms. The first kappa shape index (κ1) is 20.8. The van der Waals surface area contributed by atoms with Gasteiger partial charge in [0.1, 0.15) is 12.2 Å². The third-order valence-corrected chi connectivity index (χ3v) is 9.65. The van der Waals surface area contributed by atoms with Crippen LogP contribution in [0.1, 0.15) is 48.0 Å². The standard InChI is InChI=1S/C18H36O4Si/c1-10-13(12-19)15(22-23(8,9)17(3,4)5)16-14(11-2)20-18(6,7)21-16/h11,13-16,19H,2,10,12H2,1,3-9H3/t13-,14+,15-,16-/m0/s1. The highest BCUT2D eigenvalue weighted by Crippen LogP contribution is 2.41. The van der Waals surface area contributed by atoms with Crippen molar-refractivity contribution in [3.05, 3.63) is 12.7 Å². The smallest absolute Gasteiger partial charge is 0.192 e. The molecule has 0 aromatic carbocycles. The Balaban J connectivity index is 3.13. The molecule has 136 valence electrons. The van der Waals surface area contributed by atoms with Gasteiger partial charge in [-0.25, -0.2) is 0 Å². The van der Waals surface area contributed by atoms with E-state index in [-0.39, 0.29) is 35.9 Å². The maximum Gasteiger partial charge on any atom is 0.192 e. The van der Waals surface area contributed by atoms with Gasteiger partial charge in [0.25, 0.3) is 0 Å². The number of aliphatic hydroxyl groups is 1. The summed E-state index contributed by atoms with van der Waals surface area (Å²) in [6, 6.07) is 0. The average Bonchev–Trinajstić information content (AvgIpc) is 2.72. The summed E-state index contributed by atoms with van der Waals surface area (Å²) in [6.07, 6.45) is 1.95. The fraction of sp³-hybridized carbons (Fsp3) is 0.889. The quantitative estimate of drug-likeness (QED) is 0.558. The number of ether oxygens (including phenoxy) is 2. The summed E-state index contributed by atoms with van der Waals surface area (Å²) in [7, 11) is -2.00. The van der Waals surface area contributed by atoms with Gasteiger partial charge < -0.3 is 19.0 Å². The van der Waals surface area contributed by atoms with Gasteiger partial charge in [-0.05, 0) is 38.4 Å². The second-order valence-electron chi connectivity index (χ2n) is 8.49. The van der Waals surface area contributed by atoms with Crippen LogP contribution in [0.25, 0.3) is 0 Å². The molecule has 0 unspecified atom stereocenters. The summed E-state index contributed by atoms with van der Waals surface area (Å²) in [5, 5.41) is 9.95. The van der Waals surface area contributed by atoms with Gasteiger partial charge in [0, 0.05) is 12.5 Å². The lowest BCUT2D eigenvalue weighted by Crippen LogP contribution is -2.52. The van der Waals surface area contributed by atoms with Gasteiger partial charge in [-0.3, -0.25) is 0 Å². The Hall–Kier alpha value is -0.203. The third kappa shape index (κ3) is 4.89. The average molecular weight is 345 g/mol. The van der Waals surface area contributed by atoms with E-state index in [0.717, 1.165) is 6.42 Å². The Morgan fingerprint density at radius 2 is 1.87 bits per heavy atom. The topological polar surface area (TPSA) is 47.9 Å². The van der Waals surface area contributed by atoms with Crippen molar-refractivity contribution in [3.63, 3.8) is 0 Å². The molecular formula is C18H36O4Si. The zero-order valence-corrected chi connectivity index (χ0v) is 17.2. The van der Waals surface area contributed by atoms with Crippen LogP contribution < -0.4 is 0 Å². The van der Waals surface area contributed by atoms with Gasteiger partial charge in [-0.2, -0.15) is 0 Å². The SMILES string of the molecule is C=C[C@H]1OC(C)(C)O[C@@H]1[C@@H](O[Si](C)(C)C(C)(C)C)[C@@H](CC)CO. The van der Waals surface area contributed by atoms with Crippen LogP contribution >= 0.6 is 0 Å². The molecule has 0 amide bonds. The van der Waals surface area contributed by atoms with Crippen LogP contribution in [0.2, 0.25) is 18.1 Å². The molecule has 1 fully saturated rings. The van der Waals surface area contributed by atoms with Crippen molar-refractivity contribution in [1.29, 1.82) is 0 Å². The fourth-order valence-electron chi connectivity index (χ4n) is 2.67. The van der Waals surface area contributed by atoms with Crippen molar-refractivity contribution in [2.45, 2.75) is 90.2 Å². The van der Waals surface area contributed by atoms with E-state index in [0.29, 0.717) is 0 Å². The Kier molecular flexibility index (Phi) is 6.67. The normalized spacial score (nSPS) is 27.7. The lowest BCUT2D eigenvalue weighted by atomic mass is 9.93. The van der Waals surface area contributed by atoms with Crippen LogP contribution in [0.15, 0.2) is 12.7 Å². The highest BCUT2D eigenvalue weighted by molar-refractivity contribution is 6.74. The van der Waals surface area contributed by atoms with E-state index in [1.165, 1.54) is 0 Å². The number of hydrogen-bond donors (Lipinski definition) is 1. The van der Waals surface area contributed by atoms with Crippen molar-refractivity contribution < 1.29 is 19.0 Å². The summed E-state index contributed by atoms with van der Waals surface area (Å²) >= 11 is 0. The molecule has 4 atom stereocenters. The van der Waals surface area contributed by atoms with Crippen molar-refractivity contribution in [3.8, 4) is 0 Å². The monoisotopic (exact) mass is 344 g/mol. The minimum atomic E-state index is -2.00.